The predicted octanol–water partition coefficient (Wildman–Crippen LogP) is 2.17. The van der Waals surface area contributed by atoms with Gasteiger partial charge in [-0.2, -0.15) is 4.68 Å². The molecule has 1 atom stereocenters. The van der Waals surface area contributed by atoms with Gasteiger partial charge in [0, 0.05) is 10.9 Å². The fraction of sp³-hybridized carbons (Fsp3) is 0.333. The smallest absolute Gasteiger partial charge is 0.233 e. The van der Waals surface area contributed by atoms with Crippen molar-refractivity contribution < 1.29 is 17.6 Å². The van der Waals surface area contributed by atoms with Crippen LogP contribution in [0.15, 0.2) is 46.9 Å². The van der Waals surface area contributed by atoms with Crippen molar-refractivity contribution in [2.24, 2.45) is 0 Å². The van der Waals surface area contributed by atoms with Gasteiger partial charge in [0.1, 0.15) is 5.82 Å². The second kappa shape index (κ2) is 8.82. The highest BCUT2D eigenvalue weighted by Gasteiger charge is 2.35. The summed E-state index contributed by atoms with van der Waals surface area (Å²) in [7, 11) is -3.13. The lowest BCUT2D eigenvalue weighted by atomic mass is 10.2. The molecule has 0 spiro atoms. The standard InChI is InChI=1S/C18H18FN5O3S3/c19-13-3-1-4-14(9-13)24-18(20-21-22-24)29-11-17(25)23(10-16-5-2-7-28-16)15-6-8-30(26,27)12-15/h1-5,7,9,15H,6,8,10-12H2/t15-/m1/s1. The van der Waals surface area contributed by atoms with Gasteiger partial charge in [-0.25, -0.2) is 12.8 Å². The summed E-state index contributed by atoms with van der Waals surface area (Å²) in [5.74, 6) is -0.492. The van der Waals surface area contributed by atoms with E-state index in [0.717, 1.165) is 16.6 Å². The van der Waals surface area contributed by atoms with Gasteiger partial charge in [-0.3, -0.25) is 4.79 Å². The van der Waals surface area contributed by atoms with Gasteiger partial charge < -0.3 is 4.90 Å². The molecule has 8 nitrogen and oxygen atoms in total. The number of nitrogens with zero attached hydrogens (tertiary/aromatic N) is 5. The summed E-state index contributed by atoms with van der Waals surface area (Å²) in [6, 6.07) is 9.32. The van der Waals surface area contributed by atoms with Gasteiger partial charge in [0.05, 0.1) is 29.5 Å². The zero-order valence-electron chi connectivity index (χ0n) is 15.7. The third-order valence-electron chi connectivity index (χ3n) is 4.69. The fourth-order valence-corrected chi connectivity index (χ4v) is 6.47. The van der Waals surface area contributed by atoms with Crippen molar-refractivity contribution in [1.29, 1.82) is 0 Å². The Balaban J connectivity index is 1.49. The molecule has 0 bridgehead atoms. The lowest BCUT2D eigenvalue weighted by molar-refractivity contribution is -0.130. The Labute approximate surface area is 181 Å². The Hall–Kier alpha value is -2.31. The molecule has 0 aliphatic carbocycles. The number of benzene rings is 1. The van der Waals surface area contributed by atoms with Crippen LogP contribution in [0, 0.1) is 5.82 Å². The first-order valence-corrected chi connectivity index (χ1v) is 12.8. The lowest BCUT2D eigenvalue weighted by Crippen LogP contribution is -2.41. The van der Waals surface area contributed by atoms with Crippen LogP contribution in [-0.4, -0.2) is 62.7 Å². The third-order valence-corrected chi connectivity index (χ3v) is 8.21. The maximum atomic E-state index is 13.5. The van der Waals surface area contributed by atoms with Crippen LogP contribution in [0.2, 0.25) is 0 Å². The van der Waals surface area contributed by atoms with Crippen LogP contribution in [0.3, 0.4) is 0 Å². The molecule has 4 rings (SSSR count). The van der Waals surface area contributed by atoms with E-state index in [2.05, 4.69) is 15.5 Å². The summed E-state index contributed by atoms with van der Waals surface area (Å²) in [5, 5.41) is 13.7. The van der Waals surface area contributed by atoms with E-state index in [0.29, 0.717) is 23.8 Å². The molecule has 158 valence electrons. The van der Waals surface area contributed by atoms with Crippen molar-refractivity contribution in [2.45, 2.75) is 24.2 Å². The first-order valence-electron chi connectivity index (χ1n) is 9.11. The number of amides is 1. The molecule has 1 fully saturated rings. The van der Waals surface area contributed by atoms with Crippen LogP contribution in [0.25, 0.3) is 5.69 Å². The zero-order chi connectivity index (χ0) is 21.1. The lowest BCUT2D eigenvalue weighted by Gasteiger charge is -2.27. The highest BCUT2D eigenvalue weighted by Crippen LogP contribution is 2.25. The summed E-state index contributed by atoms with van der Waals surface area (Å²) in [6.45, 7) is 0.367. The normalized spacial score (nSPS) is 17.8. The van der Waals surface area contributed by atoms with Crippen LogP contribution in [0.4, 0.5) is 4.39 Å². The molecule has 3 heterocycles. The molecule has 1 amide bonds. The predicted molar refractivity (Wildman–Crippen MR) is 112 cm³/mol. The van der Waals surface area contributed by atoms with Crippen molar-refractivity contribution in [3.05, 3.63) is 52.5 Å². The maximum Gasteiger partial charge on any atom is 0.233 e. The molecule has 0 saturated carbocycles. The summed E-state index contributed by atoms with van der Waals surface area (Å²) in [5.41, 5.74) is 0.451. The van der Waals surface area contributed by atoms with Crippen molar-refractivity contribution in [3.63, 3.8) is 0 Å². The minimum atomic E-state index is -3.13. The average Bonchev–Trinajstić information content (AvgIpc) is 3.45. The van der Waals surface area contributed by atoms with Crippen LogP contribution >= 0.6 is 23.1 Å². The summed E-state index contributed by atoms with van der Waals surface area (Å²) >= 11 is 2.65. The van der Waals surface area contributed by atoms with Gasteiger partial charge in [-0.15, -0.1) is 16.4 Å². The van der Waals surface area contributed by atoms with Crippen LogP contribution in [0.1, 0.15) is 11.3 Å². The summed E-state index contributed by atoms with van der Waals surface area (Å²) < 4.78 is 38.8. The molecule has 1 aliphatic heterocycles. The number of hydrogen-bond donors (Lipinski definition) is 0. The fourth-order valence-electron chi connectivity index (χ4n) is 3.26. The Morgan fingerprint density at radius 1 is 1.33 bits per heavy atom. The van der Waals surface area contributed by atoms with Gasteiger partial charge in [-0.05, 0) is 46.5 Å². The van der Waals surface area contributed by atoms with Crippen molar-refractivity contribution >= 4 is 38.8 Å². The molecule has 1 saturated heterocycles. The third kappa shape index (κ3) is 4.87. The SMILES string of the molecule is O=C(CSc1nnnn1-c1cccc(F)c1)N(Cc1cccs1)[C@@H]1CCS(=O)(=O)C1. The second-order valence-corrected chi connectivity index (χ2v) is 11.0. The number of carbonyl (C=O) groups is 1. The Kier molecular flexibility index (Phi) is 6.16. The van der Waals surface area contributed by atoms with E-state index >= 15 is 0 Å². The van der Waals surface area contributed by atoms with Crippen LogP contribution in [0.5, 0.6) is 0 Å². The van der Waals surface area contributed by atoms with Crippen LogP contribution in [-0.2, 0) is 21.2 Å². The number of carbonyl (C=O) groups excluding carboxylic acids is 1. The number of thioether (sulfide) groups is 1. The zero-order valence-corrected chi connectivity index (χ0v) is 18.2. The number of rotatable bonds is 7. The Bertz CT molecular complexity index is 1130. The molecular formula is C18H18FN5O3S3. The number of thiophene rings is 1. The van der Waals surface area contributed by atoms with E-state index in [-0.39, 0.29) is 29.2 Å². The molecule has 0 radical (unpaired) electrons. The van der Waals surface area contributed by atoms with Gasteiger partial charge in [-0.1, -0.05) is 23.9 Å². The second-order valence-electron chi connectivity index (χ2n) is 6.80. The van der Waals surface area contributed by atoms with E-state index in [1.807, 2.05) is 17.5 Å². The van der Waals surface area contributed by atoms with Gasteiger partial charge >= 0.3 is 0 Å². The monoisotopic (exact) mass is 467 g/mol. The average molecular weight is 468 g/mol. The van der Waals surface area contributed by atoms with E-state index < -0.39 is 15.7 Å². The number of halogens is 1. The molecule has 1 aromatic carbocycles. The maximum absolute atomic E-state index is 13.5. The molecule has 1 aliphatic rings. The number of tetrazole rings is 1. The van der Waals surface area contributed by atoms with Crippen molar-refractivity contribution in [3.8, 4) is 5.69 Å². The number of aromatic nitrogens is 4. The van der Waals surface area contributed by atoms with E-state index in [4.69, 9.17) is 0 Å². The van der Waals surface area contributed by atoms with Crippen molar-refractivity contribution in [2.75, 3.05) is 17.3 Å². The first-order chi connectivity index (χ1) is 14.4. The number of hydrogen-bond acceptors (Lipinski definition) is 8. The summed E-state index contributed by atoms with van der Waals surface area (Å²) in [4.78, 5) is 15.7. The van der Waals surface area contributed by atoms with E-state index in [1.165, 1.54) is 28.2 Å². The minimum absolute atomic E-state index is 0.0180. The number of sulfone groups is 1. The minimum Gasteiger partial charge on any atom is -0.333 e. The highest BCUT2D eigenvalue weighted by atomic mass is 32.2. The molecule has 2 aromatic heterocycles. The molecule has 3 aromatic rings. The van der Waals surface area contributed by atoms with Crippen molar-refractivity contribution in [1.82, 2.24) is 25.1 Å². The Morgan fingerprint density at radius 2 is 2.20 bits per heavy atom. The molecule has 0 N–H and O–H groups in total. The van der Waals surface area contributed by atoms with Gasteiger partial charge in [0.25, 0.3) is 0 Å². The van der Waals surface area contributed by atoms with Gasteiger partial charge in [0.15, 0.2) is 9.84 Å². The van der Waals surface area contributed by atoms with Gasteiger partial charge in [0.2, 0.25) is 11.1 Å². The van der Waals surface area contributed by atoms with Crippen LogP contribution < -0.4 is 0 Å². The largest absolute Gasteiger partial charge is 0.333 e. The molecule has 0 unspecified atom stereocenters. The Morgan fingerprint density at radius 3 is 2.90 bits per heavy atom. The topological polar surface area (TPSA) is 98.1 Å². The van der Waals surface area contributed by atoms with E-state index in [1.54, 1.807) is 17.0 Å². The molecule has 12 heteroatoms. The van der Waals surface area contributed by atoms with E-state index in [9.17, 15) is 17.6 Å². The molecular weight excluding hydrogens is 449 g/mol. The summed E-state index contributed by atoms with van der Waals surface area (Å²) in [6.07, 6.45) is 0.436. The highest BCUT2D eigenvalue weighted by molar-refractivity contribution is 7.99. The molecule has 30 heavy (non-hydrogen) atoms. The quantitative estimate of drug-likeness (QED) is 0.491. The first kappa shape index (κ1) is 20.9.